The largest absolute Gasteiger partial charge is 0.379 e. The molecule has 2 N–H and O–H groups in total. The van der Waals surface area contributed by atoms with Crippen molar-refractivity contribution in [3.63, 3.8) is 0 Å². The zero-order valence-corrected chi connectivity index (χ0v) is 20.5. The van der Waals surface area contributed by atoms with Crippen LogP contribution < -0.4 is 10.6 Å². The lowest BCUT2D eigenvalue weighted by atomic mass is 10.0. The molecule has 0 bridgehead atoms. The average Bonchev–Trinajstić information content (AvgIpc) is 2.96. The number of rotatable bonds is 9. The minimum atomic E-state index is 0. The molecular formula is C20H39IN6O. The molecule has 0 saturated carbocycles. The molecule has 162 valence electrons. The highest BCUT2D eigenvalue weighted by Gasteiger charge is 2.23. The van der Waals surface area contributed by atoms with Crippen LogP contribution in [0, 0.1) is 19.8 Å². The van der Waals surface area contributed by atoms with Crippen LogP contribution in [0.25, 0.3) is 0 Å². The van der Waals surface area contributed by atoms with E-state index in [2.05, 4.69) is 59.1 Å². The van der Waals surface area contributed by atoms with Crippen molar-refractivity contribution in [1.82, 2.24) is 25.3 Å². The lowest BCUT2D eigenvalue weighted by Crippen LogP contribution is -2.48. The fraction of sp³-hybridized carbons (Fsp3) is 0.800. The quantitative estimate of drug-likeness (QED) is 0.233. The number of hydrogen-bond acceptors (Lipinski definition) is 4. The van der Waals surface area contributed by atoms with Gasteiger partial charge in [0.25, 0.3) is 0 Å². The highest BCUT2D eigenvalue weighted by Crippen LogP contribution is 2.13. The molecule has 0 amide bonds. The fourth-order valence-corrected chi connectivity index (χ4v) is 3.52. The normalized spacial score (nSPS) is 16.7. The topological polar surface area (TPSA) is 66.7 Å². The van der Waals surface area contributed by atoms with E-state index in [9.17, 15) is 0 Å². The molecule has 1 fully saturated rings. The standard InChI is InChI=1S/C20H38N6O.HI/c1-6-21-20(22-8-7-9-26-18(5)14-17(4)24-26)23-15-19(16(2)3)25-10-12-27-13-11-25;/h14,16,19H,6-13,15H2,1-5H3,(H2,21,22,23);1H. The Morgan fingerprint density at radius 1 is 1.25 bits per heavy atom. The molecule has 1 aromatic rings. The summed E-state index contributed by atoms with van der Waals surface area (Å²) in [4.78, 5) is 7.38. The predicted molar refractivity (Wildman–Crippen MR) is 127 cm³/mol. The minimum absolute atomic E-state index is 0. The van der Waals surface area contributed by atoms with Gasteiger partial charge in [-0.3, -0.25) is 14.6 Å². The first-order chi connectivity index (χ1) is 13.0. The summed E-state index contributed by atoms with van der Waals surface area (Å²) >= 11 is 0. The lowest BCUT2D eigenvalue weighted by molar-refractivity contribution is 0.00867. The molecule has 1 aromatic heterocycles. The number of aliphatic imine (C=N–C) groups is 1. The van der Waals surface area contributed by atoms with Gasteiger partial charge < -0.3 is 15.4 Å². The highest BCUT2D eigenvalue weighted by molar-refractivity contribution is 14.0. The van der Waals surface area contributed by atoms with Crippen LogP contribution in [0.5, 0.6) is 0 Å². The fourth-order valence-electron chi connectivity index (χ4n) is 3.52. The molecule has 1 aliphatic heterocycles. The van der Waals surface area contributed by atoms with E-state index in [1.165, 1.54) is 5.69 Å². The minimum Gasteiger partial charge on any atom is -0.379 e. The van der Waals surface area contributed by atoms with Crippen molar-refractivity contribution < 1.29 is 4.74 Å². The van der Waals surface area contributed by atoms with Crippen LogP contribution in [-0.4, -0.2) is 72.6 Å². The third-order valence-corrected chi connectivity index (χ3v) is 5.01. The van der Waals surface area contributed by atoms with Crippen LogP contribution in [0.3, 0.4) is 0 Å². The van der Waals surface area contributed by atoms with Gasteiger partial charge in [-0.05, 0) is 39.2 Å². The number of halogens is 1. The average molecular weight is 506 g/mol. The zero-order chi connectivity index (χ0) is 19.6. The van der Waals surface area contributed by atoms with E-state index in [1.807, 2.05) is 6.92 Å². The van der Waals surface area contributed by atoms with Crippen molar-refractivity contribution in [1.29, 1.82) is 0 Å². The number of aryl methyl sites for hydroxylation is 3. The smallest absolute Gasteiger partial charge is 0.191 e. The third-order valence-electron chi connectivity index (χ3n) is 5.01. The van der Waals surface area contributed by atoms with Crippen LogP contribution in [0.2, 0.25) is 0 Å². The van der Waals surface area contributed by atoms with Gasteiger partial charge in [-0.1, -0.05) is 13.8 Å². The number of nitrogens with zero attached hydrogens (tertiary/aromatic N) is 4. The van der Waals surface area contributed by atoms with Gasteiger partial charge in [0, 0.05) is 44.5 Å². The third kappa shape index (κ3) is 8.24. The number of morpholine rings is 1. The summed E-state index contributed by atoms with van der Waals surface area (Å²) in [5.74, 6) is 1.48. The molecule has 0 radical (unpaired) electrons. The van der Waals surface area contributed by atoms with E-state index < -0.39 is 0 Å². The summed E-state index contributed by atoms with van der Waals surface area (Å²) in [6.07, 6.45) is 1.02. The maximum absolute atomic E-state index is 5.50. The van der Waals surface area contributed by atoms with Gasteiger partial charge in [0.15, 0.2) is 5.96 Å². The first kappa shape index (κ1) is 25.2. The maximum atomic E-state index is 5.50. The molecule has 7 nitrogen and oxygen atoms in total. The van der Waals surface area contributed by atoms with E-state index in [4.69, 9.17) is 9.73 Å². The van der Waals surface area contributed by atoms with Crippen molar-refractivity contribution in [2.45, 2.75) is 53.6 Å². The van der Waals surface area contributed by atoms with Gasteiger partial charge in [-0.25, -0.2) is 0 Å². The first-order valence-corrected chi connectivity index (χ1v) is 10.4. The molecule has 0 spiro atoms. The molecule has 1 saturated heterocycles. The number of aromatic nitrogens is 2. The molecule has 2 rings (SSSR count). The Morgan fingerprint density at radius 3 is 2.54 bits per heavy atom. The SMILES string of the molecule is CCNC(=NCC(C(C)C)N1CCOCC1)NCCCn1nc(C)cc1C.I. The van der Waals surface area contributed by atoms with E-state index in [-0.39, 0.29) is 24.0 Å². The van der Waals surface area contributed by atoms with Crippen LogP contribution in [0.4, 0.5) is 0 Å². The van der Waals surface area contributed by atoms with Gasteiger partial charge in [0.05, 0.1) is 25.5 Å². The summed E-state index contributed by atoms with van der Waals surface area (Å²) < 4.78 is 7.57. The van der Waals surface area contributed by atoms with Gasteiger partial charge in [0.2, 0.25) is 0 Å². The lowest BCUT2D eigenvalue weighted by Gasteiger charge is -2.36. The van der Waals surface area contributed by atoms with Crippen LogP contribution >= 0.6 is 24.0 Å². The van der Waals surface area contributed by atoms with E-state index in [0.717, 1.165) is 70.6 Å². The van der Waals surface area contributed by atoms with Gasteiger partial charge in [0.1, 0.15) is 0 Å². The Kier molecular flexibility index (Phi) is 12.0. The second kappa shape index (κ2) is 13.4. The maximum Gasteiger partial charge on any atom is 0.191 e. The Balaban J connectivity index is 0.00000392. The summed E-state index contributed by atoms with van der Waals surface area (Å²) in [5, 5.41) is 11.4. The number of guanidine groups is 1. The monoisotopic (exact) mass is 506 g/mol. The predicted octanol–water partition coefficient (Wildman–Crippen LogP) is 2.42. The van der Waals surface area contributed by atoms with E-state index in [0.29, 0.717) is 12.0 Å². The molecule has 0 aromatic carbocycles. The molecule has 1 unspecified atom stereocenters. The van der Waals surface area contributed by atoms with E-state index >= 15 is 0 Å². The Bertz CT molecular complexity index is 583. The summed E-state index contributed by atoms with van der Waals surface area (Å²) in [6.45, 7) is 18.0. The van der Waals surface area contributed by atoms with Gasteiger partial charge >= 0.3 is 0 Å². The van der Waals surface area contributed by atoms with Crippen LogP contribution in [0.15, 0.2) is 11.1 Å². The molecule has 1 atom stereocenters. The second-order valence-corrected chi connectivity index (χ2v) is 7.61. The van der Waals surface area contributed by atoms with Crippen molar-refractivity contribution in [3.05, 3.63) is 17.5 Å². The van der Waals surface area contributed by atoms with Gasteiger partial charge in [-0.2, -0.15) is 5.10 Å². The summed E-state index contributed by atoms with van der Waals surface area (Å²) in [5.41, 5.74) is 2.30. The van der Waals surface area contributed by atoms with E-state index in [1.54, 1.807) is 0 Å². The molecule has 28 heavy (non-hydrogen) atoms. The van der Waals surface area contributed by atoms with Gasteiger partial charge in [-0.15, -0.1) is 24.0 Å². The zero-order valence-electron chi connectivity index (χ0n) is 18.2. The number of hydrogen-bond donors (Lipinski definition) is 2. The van der Waals surface area contributed by atoms with Crippen molar-refractivity contribution in [2.24, 2.45) is 10.9 Å². The Labute approximate surface area is 187 Å². The van der Waals surface area contributed by atoms with Crippen molar-refractivity contribution in [2.75, 3.05) is 45.9 Å². The summed E-state index contributed by atoms with van der Waals surface area (Å²) in [6, 6.07) is 2.58. The number of nitrogens with one attached hydrogen (secondary N) is 2. The molecular weight excluding hydrogens is 467 g/mol. The van der Waals surface area contributed by atoms with Crippen LogP contribution in [0.1, 0.15) is 38.6 Å². The Hall–Kier alpha value is -0.870. The first-order valence-electron chi connectivity index (χ1n) is 10.4. The Morgan fingerprint density at radius 2 is 1.96 bits per heavy atom. The molecule has 8 heteroatoms. The number of ether oxygens (including phenoxy) is 1. The van der Waals surface area contributed by atoms with Crippen molar-refractivity contribution >= 4 is 29.9 Å². The summed E-state index contributed by atoms with van der Waals surface area (Å²) in [7, 11) is 0. The van der Waals surface area contributed by atoms with Crippen LogP contribution in [-0.2, 0) is 11.3 Å². The highest BCUT2D eigenvalue weighted by atomic mass is 127. The molecule has 1 aliphatic rings. The second-order valence-electron chi connectivity index (χ2n) is 7.61. The molecule has 2 heterocycles. The molecule has 0 aliphatic carbocycles. The van der Waals surface area contributed by atoms with Crippen molar-refractivity contribution in [3.8, 4) is 0 Å².